The van der Waals surface area contributed by atoms with E-state index in [9.17, 15) is 9.18 Å². The molecule has 2 aromatic rings. The molecule has 2 rings (SSSR count). The van der Waals surface area contributed by atoms with Crippen LogP contribution in [0.3, 0.4) is 0 Å². The van der Waals surface area contributed by atoms with Gasteiger partial charge in [0, 0.05) is 24.2 Å². The topological polar surface area (TPSA) is 62.2 Å². The number of carbonyl (C=O) groups excluding carboxylic acids is 1. The zero-order valence-electron chi connectivity index (χ0n) is 9.85. The SMILES string of the molecule is CC(O)CNC(=O)c1cnc2cc(F)ccc2c1. The van der Waals surface area contributed by atoms with Crippen LogP contribution in [0.15, 0.2) is 30.5 Å². The fourth-order valence-electron chi connectivity index (χ4n) is 1.56. The van der Waals surface area contributed by atoms with Crippen LogP contribution in [-0.2, 0) is 0 Å². The Hall–Kier alpha value is -2.01. The van der Waals surface area contributed by atoms with Crippen molar-refractivity contribution in [1.82, 2.24) is 10.3 Å². The van der Waals surface area contributed by atoms with Crippen molar-refractivity contribution >= 4 is 16.8 Å². The largest absolute Gasteiger partial charge is 0.392 e. The molecule has 0 saturated carbocycles. The number of amides is 1. The minimum atomic E-state index is -0.600. The summed E-state index contributed by atoms with van der Waals surface area (Å²) in [5.74, 6) is -0.670. The highest BCUT2D eigenvalue weighted by Crippen LogP contribution is 2.14. The molecule has 1 aromatic heterocycles. The average Bonchev–Trinajstić information content (AvgIpc) is 2.35. The zero-order chi connectivity index (χ0) is 13.1. The molecule has 0 spiro atoms. The average molecular weight is 248 g/mol. The highest BCUT2D eigenvalue weighted by molar-refractivity contribution is 5.97. The summed E-state index contributed by atoms with van der Waals surface area (Å²) in [6.07, 6.45) is 0.788. The van der Waals surface area contributed by atoms with Crippen LogP contribution in [0.25, 0.3) is 10.9 Å². The third-order valence-electron chi connectivity index (χ3n) is 2.47. The Kier molecular flexibility index (Phi) is 3.53. The third-order valence-corrected chi connectivity index (χ3v) is 2.47. The number of aliphatic hydroxyl groups is 1. The number of carbonyl (C=O) groups is 1. The van der Waals surface area contributed by atoms with Crippen molar-refractivity contribution in [2.45, 2.75) is 13.0 Å². The number of halogens is 1. The van der Waals surface area contributed by atoms with Crippen molar-refractivity contribution in [2.24, 2.45) is 0 Å². The molecule has 0 fully saturated rings. The van der Waals surface area contributed by atoms with Gasteiger partial charge in [-0.1, -0.05) is 0 Å². The molecule has 1 atom stereocenters. The number of hydrogen-bond acceptors (Lipinski definition) is 3. The van der Waals surface area contributed by atoms with E-state index in [-0.39, 0.29) is 18.3 Å². The molecule has 0 saturated heterocycles. The van der Waals surface area contributed by atoms with Crippen molar-refractivity contribution in [2.75, 3.05) is 6.54 Å². The van der Waals surface area contributed by atoms with Gasteiger partial charge in [-0.25, -0.2) is 4.39 Å². The Bertz CT molecular complexity index is 584. The highest BCUT2D eigenvalue weighted by atomic mass is 19.1. The first kappa shape index (κ1) is 12.4. The minimum Gasteiger partial charge on any atom is -0.392 e. The summed E-state index contributed by atoms with van der Waals surface area (Å²) >= 11 is 0. The predicted molar refractivity (Wildman–Crippen MR) is 65.7 cm³/mol. The van der Waals surface area contributed by atoms with E-state index < -0.39 is 6.10 Å². The van der Waals surface area contributed by atoms with Crippen LogP contribution in [0.4, 0.5) is 4.39 Å². The van der Waals surface area contributed by atoms with Crippen molar-refractivity contribution < 1.29 is 14.3 Å². The smallest absolute Gasteiger partial charge is 0.252 e. The van der Waals surface area contributed by atoms with E-state index in [1.165, 1.54) is 18.3 Å². The number of nitrogens with one attached hydrogen (secondary N) is 1. The summed E-state index contributed by atoms with van der Waals surface area (Å²) < 4.78 is 13.0. The predicted octanol–water partition coefficient (Wildman–Crippen LogP) is 1.48. The molecule has 0 aliphatic rings. The van der Waals surface area contributed by atoms with E-state index in [2.05, 4.69) is 10.3 Å². The normalized spacial score (nSPS) is 12.4. The fraction of sp³-hybridized carbons (Fsp3) is 0.231. The summed E-state index contributed by atoms with van der Waals surface area (Å²) in [4.78, 5) is 15.8. The maximum Gasteiger partial charge on any atom is 0.252 e. The second-order valence-electron chi connectivity index (χ2n) is 4.12. The van der Waals surface area contributed by atoms with E-state index in [0.717, 1.165) is 0 Å². The van der Waals surface area contributed by atoms with Gasteiger partial charge < -0.3 is 10.4 Å². The molecule has 2 N–H and O–H groups in total. The number of hydrogen-bond donors (Lipinski definition) is 2. The first-order chi connectivity index (χ1) is 8.56. The molecule has 18 heavy (non-hydrogen) atoms. The van der Waals surface area contributed by atoms with Gasteiger partial charge in [-0.3, -0.25) is 9.78 Å². The van der Waals surface area contributed by atoms with Crippen LogP contribution in [-0.4, -0.2) is 28.6 Å². The lowest BCUT2D eigenvalue weighted by molar-refractivity contribution is 0.0924. The molecule has 0 radical (unpaired) electrons. The molecular formula is C13H13FN2O2. The maximum absolute atomic E-state index is 13.0. The third kappa shape index (κ3) is 2.81. The van der Waals surface area contributed by atoms with Crippen LogP contribution < -0.4 is 5.32 Å². The quantitative estimate of drug-likeness (QED) is 0.865. The molecule has 1 aromatic carbocycles. The van der Waals surface area contributed by atoms with Crippen molar-refractivity contribution in [3.05, 3.63) is 41.8 Å². The van der Waals surface area contributed by atoms with Gasteiger partial charge in [0.05, 0.1) is 17.2 Å². The van der Waals surface area contributed by atoms with Gasteiger partial charge in [0.25, 0.3) is 5.91 Å². The molecule has 1 unspecified atom stereocenters. The number of nitrogens with zero attached hydrogens (tertiary/aromatic N) is 1. The van der Waals surface area contributed by atoms with Gasteiger partial charge in [-0.2, -0.15) is 0 Å². The molecule has 0 aliphatic carbocycles. The second-order valence-corrected chi connectivity index (χ2v) is 4.12. The number of aromatic nitrogens is 1. The van der Waals surface area contributed by atoms with E-state index in [4.69, 9.17) is 5.11 Å². The van der Waals surface area contributed by atoms with E-state index >= 15 is 0 Å². The van der Waals surface area contributed by atoms with Gasteiger partial charge in [0.2, 0.25) is 0 Å². The van der Waals surface area contributed by atoms with Crippen LogP contribution in [0, 0.1) is 5.82 Å². The number of rotatable bonds is 3. The summed E-state index contributed by atoms with van der Waals surface area (Å²) in [5, 5.41) is 12.3. The van der Waals surface area contributed by atoms with Crippen LogP contribution in [0.5, 0.6) is 0 Å². The van der Waals surface area contributed by atoms with Gasteiger partial charge in [0.15, 0.2) is 0 Å². The maximum atomic E-state index is 13.0. The second kappa shape index (κ2) is 5.10. The summed E-state index contributed by atoms with van der Waals surface area (Å²) in [5.41, 5.74) is 0.886. The molecule has 94 valence electrons. The molecule has 1 amide bonds. The molecule has 1 heterocycles. The number of fused-ring (bicyclic) bond motifs is 1. The van der Waals surface area contributed by atoms with Gasteiger partial charge in [0.1, 0.15) is 5.82 Å². The van der Waals surface area contributed by atoms with Gasteiger partial charge >= 0.3 is 0 Å². The lowest BCUT2D eigenvalue weighted by atomic mass is 10.1. The van der Waals surface area contributed by atoms with E-state index in [1.807, 2.05) is 0 Å². The van der Waals surface area contributed by atoms with E-state index in [0.29, 0.717) is 16.5 Å². The number of aliphatic hydroxyl groups excluding tert-OH is 1. The first-order valence-corrected chi connectivity index (χ1v) is 5.58. The Labute approximate surface area is 103 Å². The van der Waals surface area contributed by atoms with E-state index in [1.54, 1.807) is 19.1 Å². The van der Waals surface area contributed by atoms with Crippen molar-refractivity contribution in [3.63, 3.8) is 0 Å². The van der Waals surface area contributed by atoms with Crippen LogP contribution >= 0.6 is 0 Å². The van der Waals surface area contributed by atoms with Gasteiger partial charge in [-0.15, -0.1) is 0 Å². The Morgan fingerprint density at radius 2 is 2.28 bits per heavy atom. The molecule has 5 heteroatoms. The first-order valence-electron chi connectivity index (χ1n) is 5.58. The lowest BCUT2D eigenvalue weighted by Gasteiger charge is -2.07. The van der Waals surface area contributed by atoms with Crippen LogP contribution in [0.2, 0.25) is 0 Å². The summed E-state index contributed by atoms with van der Waals surface area (Å²) in [6.45, 7) is 1.77. The van der Waals surface area contributed by atoms with Crippen molar-refractivity contribution in [3.8, 4) is 0 Å². The minimum absolute atomic E-state index is 0.181. The van der Waals surface area contributed by atoms with Gasteiger partial charge in [-0.05, 0) is 25.1 Å². The Balaban J connectivity index is 2.24. The molecule has 0 bridgehead atoms. The number of benzene rings is 1. The fourth-order valence-corrected chi connectivity index (χ4v) is 1.56. The summed E-state index contributed by atoms with van der Waals surface area (Å²) in [6, 6.07) is 5.84. The monoisotopic (exact) mass is 248 g/mol. The standard InChI is InChI=1S/C13H13FN2O2/c1-8(17)6-16-13(18)10-4-9-2-3-11(14)5-12(9)15-7-10/h2-5,7-8,17H,6H2,1H3,(H,16,18). The zero-order valence-corrected chi connectivity index (χ0v) is 9.85. The molecule has 4 nitrogen and oxygen atoms in total. The Morgan fingerprint density at radius 1 is 1.50 bits per heavy atom. The molecular weight excluding hydrogens is 235 g/mol. The lowest BCUT2D eigenvalue weighted by Crippen LogP contribution is -2.30. The number of pyridine rings is 1. The van der Waals surface area contributed by atoms with Crippen LogP contribution in [0.1, 0.15) is 17.3 Å². The highest BCUT2D eigenvalue weighted by Gasteiger charge is 2.08. The summed E-state index contributed by atoms with van der Waals surface area (Å²) in [7, 11) is 0. The Morgan fingerprint density at radius 3 is 3.00 bits per heavy atom. The van der Waals surface area contributed by atoms with Crippen molar-refractivity contribution in [1.29, 1.82) is 0 Å². The molecule has 0 aliphatic heterocycles.